The predicted molar refractivity (Wildman–Crippen MR) is 58.2 cm³/mol. The first kappa shape index (κ1) is 12.4. The zero-order valence-corrected chi connectivity index (χ0v) is 10.2. The molecule has 2 saturated heterocycles. The Kier molecular flexibility index (Phi) is 3.66. The summed E-state index contributed by atoms with van der Waals surface area (Å²) in [5.74, 6) is -0.569. The van der Waals surface area contributed by atoms with E-state index in [2.05, 4.69) is 0 Å². The molecule has 0 unspecified atom stereocenters. The number of esters is 2. The highest BCUT2D eigenvalue weighted by atomic mass is 16.6. The lowest BCUT2D eigenvalue weighted by molar-refractivity contribution is -0.156. The molecule has 0 saturated carbocycles. The highest BCUT2D eigenvalue weighted by Crippen LogP contribution is 2.34. The lowest BCUT2D eigenvalue weighted by atomic mass is 9.96. The second-order valence-corrected chi connectivity index (χ2v) is 4.66. The number of carbonyl (C=O) groups is 2. The van der Waals surface area contributed by atoms with Gasteiger partial charge in [-0.2, -0.15) is 0 Å². The number of hydrogen-bond donors (Lipinski definition) is 0. The van der Waals surface area contributed by atoms with Crippen molar-refractivity contribution in [3.05, 3.63) is 0 Å². The molecule has 2 bridgehead atoms. The van der Waals surface area contributed by atoms with Crippen molar-refractivity contribution in [3.63, 3.8) is 0 Å². The van der Waals surface area contributed by atoms with Crippen LogP contribution in [0.3, 0.4) is 0 Å². The van der Waals surface area contributed by atoms with Crippen LogP contribution >= 0.6 is 0 Å². The van der Waals surface area contributed by atoms with E-state index in [-0.39, 0.29) is 36.4 Å². The van der Waals surface area contributed by atoms with Crippen LogP contribution in [-0.4, -0.2) is 36.4 Å². The first-order chi connectivity index (χ1) is 8.06. The van der Waals surface area contributed by atoms with Crippen LogP contribution in [0.15, 0.2) is 0 Å². The van der Waals surface area contributed by atoms with Crippen LogP contribution in [0.4, 0.5) is 0 Å². The van der Waals surface area contributed by atoms with E-state index in [0.29, 0.717) is 12.8 Å². The maximum Gasteiger partial charge on any atom is 0.302 e. The van der Waals surface area contributed by atoms with Crippen molar-refractivity contribution in [3.8, 4) is 0 Å². The fraction of sp³-hybridized carbons (Fsp3) is 0.833. The van der Waals surface area contributed by atoms with Gasteiger partial charge in [-0.25, -0.2) is 0 Å². The number of ether oxygens (including phenoxy) is 3. The lowest BCUT2D eigenvalue weighted by Gasteiger charge is -2.21. The molecular formula is C12H18O5. The molecule has 5 nitrogen and oxygen atoms in total. The van der Waals surface area contributed by atoms with Gasteiger partial charge in [0.25, 0.3) is 0 Å². The highest BCUT2D eigenvalue weighted by Gasteiger charge is 2.42. The van der Waals surface area contributed by atoms with Crippen molar-refractivity contribution in [2.45, 2.75) is 63.9 Å². The molecule has 96 valence electrons. The fourth-order valence-electron chi connectivity index (χ4n) is 2.63. The van der Waals surface area contributed by atoms with Crippen molar-refractivity contribution in [1.29, 1.82) is 0 Å². The molecular weight excluding hydrogens is 224 g/mol. The van der Waals surface area contributed by atoms with E-state index < -0.39 is 0 Å². The molecule has 0 aromatic rings. The van der Waals surface area contributed by atoms with Crippen LogP contribution in [0, 0.1) is 0 Å². The van der Waals surface area contributed by atoms with Crippen LogP contribution in [0.5, 0.6) is 0 Å². The largest absolute Gasteiger partial charge is 0.460 e. The summed E-state index contributed by atoms with van der Waals surface area (Å²) >= 11 is 0. The third-order valence-corrected chi connectivity index (χ3v) is 3.29. The third-order valence-electron chi connectivity index (χ3n) is 3.29. The Balaban J connectivity index is 2.00. The summed E-state index contributed by atoms with van der Waals surface area (Å²) in [7, 11) is 0. The zero-order chi connectivity index (χ0) is 12.4. The monoisotopic (exact) mass is 242 g/mol. The average Bonchev–Trinajstić information content (AvgIpc) is 2.63. The molecule has 2 aliphatic rings. The Morgan fingerprint density at radius 1 is 0.882 bits per heavy atom. The molecule has 2 rings (SSSR count). The minimum Gasteiger partial charge on any atom is -0.460 e. The fourth-order valence-corrected chi connectivity index (χ4v) is 2.63. The van der Waals surface area contributed by atoms with Gasteiger partial charge in [0.15, 0.2) is 0 Å². The summed E-state index contributed by atoms with van der Waals surface area (Å²) in [5, 5.41) is 0. The quantitative estimate of drug-likeness (QED) is 0.681. The molecule has 0 aliphatic carbocycles. The summed E-state index contributed by atoms with van der Waals surface area (Å²) in [6, 6.07) is 0. The van der Waals surface area contributed by atoms with Crippen molar-refractivity contribution in [2.24, 2.45) is 0 Å². The zero-order valence-electron chi connectivity index (χ0n) is 10.2. The van der Waals surface area contributed by atoms with Gasteiger partial charge in [0.1, 0.15) is 12.2 Å². The Labute approximate surface area is 100 Å². The Hall–Kier alpha value is -1.10. The first-order valence-electron chi connectivity index (χ1n) is 6.06. The van der Waals surface area contributed by atoms with Crippen molar-refractivity contribution < 1.29 is 23.8 Å². The summed E-state index contributed by atoms with van der Waals surface area (Å²) < 4.78 is 16.3. The second-order valence-electron chi connectivity index (χ2n) is 4.66. The van der Waals surface area contributed by atoms with Crippen LogP contribution in [0.2, 0.25) is 0 Å². The molecule has 0 N–H and O–H groups in total. The molecule has 0 spiro atoms. The van der Waals surface area contributed by atoms with Gasteiger partial charge in [-0.1, -0.05) is 0 Å². The molecule has 0 amide bonds. The standard InChI is InChI=1S/C12H18O5/c1-7(13)15-9-3-4-10(16-8(2)14)12-6-5-11(9)17-12/h9-12H,3-6H2,1-2H3/t9-,10+,11-,12+. The SMILES string of the molecule is CC(=O)O[C@H]1CC[C@@H](OC(C)=O)[C@H]2CC[C@@H]1O2. The normalized spacial score (nSPS) is 36.1. The van der Waals surface area contributed by atoms with Crippen molar-refractivity contribution in [1.82, 2.24) is 0 Å². The van der Waals surface area contributed by atoms with Crippen LogP contribution < -0.4 is 0 Å². The molecule has 0 radical (unpaired) electrons. The van der Waals surface area contributed by atoms with Gasteiger partial charge in [-0.05, 0) is 25.7 Å². The number of fused-ring (bicyclic) bond motifs is 2. The summed E-state index contributed by atoms with van der Waals surface area (Å²) in [6.45, 7) is 2.81. The highest BCUT2D eigenvalue weighted by molar-refractivity contribution is 5.66. The summed E-state index contributed by atoms with van der Waals surface area (Å²) in [5.41, 5.74) is 0. The Bertz CT molecular complexity index is 284. The number of rotatable bonds is 2. The molecule has 2 heterocycles. The van der Waals surface area contributed by atoms with E-state index in [9.17, 15) is 9.59 Å². The van der Waals surface area contributed by atoms with Gasteiger partial charge in [-0.3, -0.25) is 9.59 Å². The smallest absolute Gasteiger partial charge is 0.302 e. The van der Waals surface area contributed by atoms with E-state index in [1.165, 1.54) is 13.8 Å². The summed E-state index contributed by atoms with van der Waals surface area (Å²) in [4.78, 5) is 22.0. The average molecular weight is 242 g/mol. The van der Waals surface area contributed by atoms with Gasteiger partial charge in [-0.15, -0.1) is 0 Å². The van der Waals surface area contributed by atoms with E-state index in [1.54, 1.807) is 0 Å². The third kappa shape index (κ3) is 2.97. The molecule has 5 heteroatoms. The first-order valence-corrected chi connectivity index (χ1v) is 6.06. The lowest BCUT2D eigenvalue weighted by Crippen LogP contribution is -2.29. The molecule has 4 atom stereocenters. The van der Waals surface area contributed by atoms with Gasteiger partial charge < -0.3 is 14.2 Å². The van der Waals surface area contributed by atoms with E-state index >= 15 is 0 Å². The molecule has 17 heavy (non-hydrogen) atoms. The maximum atomic E-state index is 11.0. The van der Waals surface area contributed by atoms with E-state index in [4.69, 9.17) is 14.2 Å². The van der Waals surface area contributed by atoms with Crippen LogP contribution in [0.25, 0.3) is 0 Å². The molecule has 0 aromatic carbocycles. The van der Waals surface area contributed by atoms with Crippen molar-refractivity contribution in [2.75, 3.05) is 0 Å². The van der Waals surface area contributed by atoms with E-state index in [1.807, 2.05) is 0 Å². The molecule has 0 aromatic heterocycles. The topological polar surface area (TPSA) is 61.8 Å². The Morgan fingerprint density at radius 3 is 1.65 bits per heavy atom. The van der Waals surface area contributed by atoms with Crippen molar-refractivity contribution >= 4 is 11.9 Å². The number of carbonyl (C=O) groups excluding carboxylic acids is 2. The summed E-state index contributed by atoms with van der Waals surface area (Å²) in [6.07, 6.45) is 2.64. The minimum atomic E-state index is -0.284. The van der Waals surface area contributed by atoms with E-state index in [0.717, 1.165) is 12.8 Å². The van der Waals surface area contributed by atoms with Gasteiger partial charge in [0, 0.05) is 13.8 Å². The van der Waals surface area contributed by atoms with Gasteiger partial charge in [0.2, 0.25) is 0 Å². The molecule has 2 fully saturated rings. The maximum absolute atomic E-state index is 11.0. The van der Waals surface area contributed by atoms with Crippen LogP contribution in [0.1, 0.15) is 39.5 Å². The molecule has 2 aliphatic heterocycles. The van der Waals surface area contributed by atoms with Gasteiger partial charge >= 0.3 is 11.9 Å². The predicted octanol–water partition coefficient (Wildman–Crippen LogP) is 1.19. The van der Waals surface area contributed by atoms with Gasteiger partial charge in [0.05, 0.1) is 12.2 Å². The second kappa shape index (κ2) is 5.04. The Morgan fingerprint density at radius 2 is 1.29 bits per heavy atom. The van der Waals surface area contributed by atoms with Crippen LogP contribution in [-0.2, 0) is 23.8 Å². The minimum absolute atomic E-state index is 0.0375. The number of hydrogen-bond acceptors (Lipinski definition) is 5.